The molecule has 0 unspecified atom stereocenters. The van der Waals surface area contributed by atoms with Crippen molar-refractivity contribution in [3.05, 3.63) is 42.2 Å². The summed E-state index contributed by atoms with van der Waals surface area (Å²) in [5.41, 5.74) is 4.05. The van der Waals surface area contributed by atoms with Crippen molar-refractivity contribution in [2.24, 2.45) is 0 Å². The number of hydrogen-bond donors (Lipinski definition) is 0. The highest BCUT2D eigenvalue weighted by molar-refractivity contribution is 6.00. The molecule has 0 N–H and O–H groups in total. The van der Waals surface area contributed by atoms with E-state index in [1.54, 1.807) is 17.3 Å². The molecule has 1 aromatic carbocycles. The monoisotopic (exact) mass is 379 g/mol. The molecule has 0 aliphatic carbocycles. The lowest BCUT2D eigenvalue weighted by molar-refractivity contribution is -0.130. The number of aromatic nitrogens is 1. The fourth-order valence-corrected chi connectivity index (χ4v) is 4.05. The van der Waals surface area contributed by atoms with E-state index in [0.29, 0.717) is 25.1 Å². The Balaban J connectivity index is 1.57. The van der Waals surface area contributed by atoms with Gasteiger partial charge in [0.15, 0.2) is 0 Å². The molecule has 2 aliphatic heterocycles. The lowest BCUT2D eigenvalue weighted by Crippen LogP contribution is -2.31. The van der Waals surface area contributed by atoms with E-state index in [-0.39, 0.29) is 17.9 Å². The van der Waals surface area contributed by atoms with Gasteiger partial charge < -0.3 is 14.5 Å². The normalized spacial score (nSPS) is 18.9. The van der Waals surface area contributed by atoms with Gasteiger partial charge in [0.2, 0.25) is 11.8 Å². The van der Waals surface area contributed by atoms with E-state index in [2.05, 4.69) is 11.1 Å². The Hall–Kier alpha value is -2.89. The van der Waals surface area contributed by atoms with Crippen molar-refractivity contribution in [3.63, 3.8) is 0 Å². The Kier molecular flexibility index (Phi) is 5.03. The van der Waals surface area contributed by atoms with Crippen LogP contribution in [0.5, 0.6) is 5.75 Å². The lowest BCUT2D eigenvalue weighted by Gasteiger charge is -2.28. The van der Waals surface area contributed by atoms with Gasteiger partial charge in [-0.3, -0.25) is 14.6 Å². The molecule has 6 nitrogen and oxygen atoms in total. The topological polar surface area (TPSA) is 62.7 Å². The third-order valence-electron chi connectivity index (χ3n) is 5.56. The molecule has 0 spiro atoms. The molecular weight excluding hydrogens is 354 g/mol. The summed E-state index contributed by atoms with van der Waals surface area (Å²) in [5, 5.41) is 0. The second-order valence-corrected chi connectivity index (χ2v) is 7.40. The van der Waals surface area contributed by atoms with Gasteiger partial charge >= 0.3 is 0 Å². The van der Waals surface area contributed by atoms with Crippen molar-refractivity contribution in [1.82, 2.24) is 9.88 Å². The van der Waals surface area contributed by atoms with E-state index in [9.17, 15) is 9.59 Å². The Bertz CT molecular complexity index is 912. The van der Waals surface area contributed by atoms with Crippen LogP contribution in [0.25, 0.3) is 11.1 Å². The van der Waals surface area contributed by atoms with E-state index < -0.39 is 0 Å². The van der Waals surface area contributed by atoms with Crippen LogP contribution < -0.4 is 9.64 Å². The van der Waals surface area contributed by atoms with Crippen LogP contribution in [0.2, 0.25) is 0 Å². The highest BCUT2D eigenvalue weighted by atomic mass is 16.5. The van der Waals surface area contributed by atoms with Crippen molar-refractivity contribution in [3.8, 4) is 16.9 Å². The highest BCUT2D eigenvalue weighted by Gasteiger charge is 2.27. The largest absolute Gasteiger partial charge is 0.487 e. The molecule has 6 heteroatoms. The summed E-state index contributed by atoms with van der Waals surface area (Å²) in [6.07, 6.45) is 6.15. The standard InChI is InChI=1S/C22H25N3O3/c1-3-20(26)25-10-9-17(14-25)28-18-11-16(12-23-13-18)19-6-4-5-15-7-8-21(27)24(2)22(15)19/h4-6,11-13,17H,3,7-10,14H2,1-2H3/t17-/m1/s1. The van der Waals surface area contributed by atoms with E-state index in [1.165, 1.54) is 5.56 Å². The second-order valence-electron chi connectivity index (χ2n) is 7.40. The van der Waals surface area contributed by atoms with Gasteiger partial charge in [-0.1, -0.05) is 25.1 Å². The van der Waals surface area contributed by atoms with Gasteiger partial charge in [-0.15, -0.1) is 0 Å². The van der Waals surface area contributed by atoms with Crippen LogP contribution in [0.15, 0.2) is 36.7 Å². The molecule has 1 atom stereocenters. The summed E-state index contributed by atoms with van der Waals surface area (Å²) in [5.74, 6) is 0.990. The van der Waals surface area contributed by atoms with Gasteiger partial charge in [0.05, 0.1) is 18.4 Å². The number of ether oxygens (including phenoxy) is 1. The molecule has 1 fully saturated rings. The number of benzene rings is 1. The van der Waals surface area contributed by atoms with Crippen LogP contribution in [0.4, 0.5) is 5.69 Å². The first-order valence-electron chi connectivity index (χ1n) is 9.85. The third kappa shape index (κ3) is 3.46. The SMILES string of the molecule is CCC(=O)N1CC[C@@H](Oc2cncc(-c3cccc4c3N(C)C(=O)CC4)c2)C1. The van der Waals surface area contributed by atoms with Crippen molar-refractivity contribution < 1.29 is 14.3 Å². The van der Waals surface area contributed by atoms with E-state index >= 15 is 0 Å². The van der Waals surface area contributed by atoms with Crippen LogP contribution >= 0.6 is 0 Å². The summed E-state index contributed by atoms with van der Waals surface area (Å²) in [6, 6.07) is 8.09. The summed E-state index contributed by atoms with van der Waals surface area (Å²) in [6.45, 7) is 3.24. The molecule has 1 aromatic heterocycles. The van der Waals surface area contributed by atoms with Crippen molar-refractivity contribution >= 4 is 17.5 Å². The summed E-state index contributed by atoms with van der Waals surface area (Å²) < 4.78 is 6.12. The number of anilines is 1. The molecule has 2 amide bonds. The Morgan fingerprint density at radius 2 is 2.14 bits per heavy atom. The van der Waals surface area contributed by atoms with Gasteiger partial charge in [-0.2, -0.15) is 0 Å². The zero-order valence-corrected chi connectivity index (χ0v) is 16.4. The molecule has 1 saturated heterocycles. The quantitative estimate of drug-likeness (QED) is 0.819. The number of likely N-dealkylation sites (tertiary alicyclic amines) is 1. The summed E-state index contributed by atoms with van der Waals surface area (Å²) in [7, 11) is 1.83. The fraction of sp³-hybridized carbons (Fsp3) is 0.409. The Morgan fingerprint density at radius 1 is 1.29 bits per heavy atom. The minimum atomic E-state index is -0.0125. The average Bonchev–Trinajstić information content (AvgIpc) is 3.18. The summed E-state index contributed by atoms with van der Waals surface area (Å²) in [4.78, 5) is 32.0. The van der Waals surface area contributed by atoms with Gasteiger partial charge in [0, 0.05) is 50.2 Å². The molecular formula is C22H25N3O3. The van der Waals surface area contributed by atoms with E-state index in [4.69, 9.17) is 4.74 Å². The number of hydrogen-bond acceptors (Lipinski definition) is 4. The first-order valence-corrected chi connectivity index (χ1v) is 9.85. The number of para-hydroxylation sites is 1. The predicted molar refractivity (Wildman–Crippen MR) is 107 cm³/mol. The number of pyridine rings is 1. The van der Waals surface area contributed by atoms with E-state index in [0.717, 1.165) is 36.2 Å². The highest BCUT2D eigenvalue weighted by Crippen LogP contribution is 2.37. The summed E-state index contributed by atoms with van der Waals surface area (Å²) >= 11 is 0. The van der Waals surface area contributed by atoms with Crippen LogP contribution in [-0.2, 0) is 16.0 Å². The molecule has 0 bridgehead atoms. The van der Waals surface area contributed by atoms with Crippen LogP contribution in [0, 0.1) is 0 Å². The fourth-order valence-electron chi connectivity index (χ4n) is 4.05. The maximum absolute atomic E-state index is 12.2. The molecule has 2 aliphatic rings. The van der Waals surface area contributed by atoms with Crippen molar-refractivity contribution in [2.75, 3.05) is 25.0 Å². The predicted octanol–water partition coefficient (Wildman–Crippen LogP) is 3.05. The molecule has 146 valence electrons. The number of fused-ring (bicyclic) bond motifs is 1. The van der Waals surface area contributed by atoms with E-state index in [1.807, 2.05) is 37.1 Å². The van der Waals surface area contributed by atoms with Gasteiger partial charge in [-0.25, -0.2) is 0 Å². The zero-order valence-electron chi connectivity index (χ0n) is 16.4. The first-order chi connectivity index (χ1) is 13.6. The first kappa shape index (κ1) is 18.5. The molecule has 4 rings (SSSR count). The number of carbonyl (C=O) groups is 2. The van der Waals surface area contributed by atoms with Crippen LogP contribution in [0.3, 0.4) is 0 Å². The van der Waals surface area contributed by atoms with Crippen molar-refractivity contribution in [2.45, 2.75) is 38.7 Å². The maximum Gasteiger partial charge on any atom is 0.227 e. The van der Waals surface area contributed by atoms with Crippen LogP contribution in [0.1, 0.15) is 31.7 Å². The Labute approximate surface area is 165 Å². The zero-order chi connectivity index (χ0) is 19.7. The maximum atomic E-state index is 12.2. The van der Waals surface area contributed by atoms with Gasteiger partial charge in [0.1, 0.15) is 11.9 Å². The minimum absolute atomic E-state index is 0.0125. The molecule has 2 aromatic rings. The number of amides is 2. The Morgan fingerprint density at radius 3 is 2.96 bits per heavy atom. The smallest absolute Gasteiger partial charge is 0.227 e. The molecule has 28 heavy (non-hydrogen) atoms. The number of nitrogens with zero attached hydrogens (tertiary/aromatic N) is 3. The minimum Gasteiger partial charge on any atom is -0.487 e. The lowest BCUT2D eigenvalue weighted by atomic mass is 9.94. The average molecular weight is 379 g/mol. The second kappa shape index (κ2) is 7.62. The van der Waals surface area contributed by atoms with Crippen LogP contribution in [-0.4, -0.2) is 47.9 Å². The van der Waals surface area contributed by atoms with Gasteiger partial charge in [0.25, 0.3) is 0 Å². The third-order valence-corrected chi connectivity index (χ3v) is 5.56. The molecule has 0 saturated carbocycles. The van der Waals surface area contributed by atoms with Crippen molar-refractivity contribution in [1.29, 1.82) is 0 Å². The number of aryl methyl sites for hydroxylation is 1. The number of rotatable bonds is 4. The molecule has 3 heterocycles. The number of carbonyl (C=O) groups excluding carboxylic acids is 2. The van der Waals surface area contributed by atoms with Gasteiger partial charge in [-0.05, 0) is 18.1 Å². The molecule has 0 radical (unpaired) electrons.